The van der Waals surface area contributed by atoms with Crippen molar-refractivity contribution in [3.8, 4) is 5.75 Å². The highest BCUT2D eigenvalue weighted by atomic mass is 32.2. The van der Waals surface area contributed by atoms with Crippen LogP contribution in [-0.2, 0) is 21.2 Å². The molecule has 0 aromatic heterocycles. The molecular weight excluding hydrogens is 381 g/mol. The van der Waals surface area contributed by atoms with E-state index in [-0.39, 0.29) is 24.0 Å². The Morgan fingerprint density at radius 3 is 2.61 bits per heavy atom. The van der Waals surface area contributed by atoms with Crippen molar-refractivity contribution in [2.45, 2.75) is 19.0 Å². The van der Waals surface area contributed by atoms with Crippen molar-refractivity contribution in [3.05, 3.63) is 71.6 Å². The van der Waals surface area contributed by atoms with Gasteiger partial charge in [0, 0.05) is 18.7 Å². The maximum Gasteiger partial charge on any atom is 0.247 e. The minimum absolute atomic E-state index is 0.0623. The molecule has 1 amide bonds. The summed E-state index contributed by atoms with van der Waals surface area (Å²) in [5.74, 6) is 0.0179. The number of nitrogens with zero attached hydrogens (tertiary/aromatic N) is 1. The van der Waals surface area contributed by atoms with Crippen LogP contribution >= 0.6 is 0 Å². The van der Waals surface area contributed by atoms with Crippen LogP contribution in [0, 0.1) is 5.82 Å². The van der Waals surface area contributed by atoms with E-state index in [4.69, 9.17) is 4.74 Å². The lowest BCUT2D eigenvalue weighted by Gasteiger charge is -2.27. The number of sulfone groups is 1. The quantitative estimate of drug-likeness (QED) is 0.696. The molecular formula is C21H22FNO4S. The maximum absolute atomic E-state index is 13.5. The van der Waals surface area contributed by atoms with E-state index in [1.165, 1.54) is 23.1 Å². The van der Waals surface area contributed by atoms with Crippen molar-refractivity contribution in [1.29, 1.82) is 0 Å². The summed E-state index contributed by atoms with van der Waals surface area (Å²) in [6.07, 6.45) is 3.48. The third kappa shape index (κ3) is 5.19. The van der Waals surface area contributed by atoms with Crippen molar-refractivity contribution in [3.63, 3.8) is 0 Å². The maximum atomic E-state index is 13.5. The minimum Gasteiger partial charge on any atom is -0.497 e. The Kier molecular flexibility index (Phi) is 6.14. The van der Waals surface area contributed by atoms with Crippen LogP contribution in [0.4, 0.5) is 4.39 Å². The highest BCUT2D eigenvalue weighted by Crippen LogP contribution is 2.21. The summed E-state index contributed by atoms with van der Waals surface area (Å²) in [5.41, 5.74) is 1.44. The Labute approximate surface area is 164 Å². The Hall–Kier alpha value is -2.67. The smallest absolute Gasteiger partial charge is 0.247 e. The Balaban J connectivity index is 1.80. The van der Waals surface area contributed by atoms with Crippen molar-refractivity contribution in [1.82, 2.24) is 4.90 Å². The molecule has 1 saturated heterocycles. The Morgan fingerprint density at radius 2 is 2.00 bits per heavy atom. The minimum atomic E-state index is -3.16. The molecule has 2 aromatic rings. The van der Waals surface area contributed by atoms with E-state index in [0.717, 1.165) is 5.56 Å². The molecule has 5 nitrogen and oxygen atoms in total. The van der Waals surface area contributed by atoms with E-state index in [2.05, 4.69) is 0 Å². The molecule has 1 aliphatic heterocycles. The first kappa shape index (κ1) is 20.1. The van der Waals surface area contributed by atoms with Gasteiger partial charge in [0.1, 0.15) is 11.6 Å². The van der Waals surface area contributed by atoms with Gasteiger partial charge < -0.3 is 9.64 Å². The average molecular weight is 403 g/mol. The summed E-state index contributed by atoms with van der Waals surface area (Å²) in [6.45, 7) is 0.156. The fraction of sp³-hybridized carbons (Fsp3) is 0.286. The zero-order chi connectivity index (χ0) is 20.1. The van der Waals surface area contributed by atoms with Crippen LogP contribution in [-0.4, -0.2) is 43.9 Å². The number of benzene rings is 2. The van der Waals surface area contributed by atoms with Gasteiger partial charge in [0.25, 0.3) is 0 Å². The summed E-state index contributed by atoms with van der Waals surface area (Å²) in [5, 5.41) is 0. The van der Waals surface area contributed by atoms with E-state index in [1.807, 2.05) is 12.1 Å². The summed E-state index contributed by atoms with van der Waals surface area (Å²) in [7, 11) is -1.58. The van der Waals surface area contributed by atoms with Crippen LogP contribution in [0.3, 0.4) is 0 Å². The van der Waals surface area contributed by atoms with E-state index >= 15 is 0 Å². The number of hydrogen-bond donors (Lipinski definition) is 0. The first-order valence-electron chi connectivity index (χ1n) is 8.94. The number of hydrogen-bond acceptors (Lipinski definition) is 4. The lowest BCUT2D eigenvalue weighted by Crippen LogP contribution is -2.39. The third-order valence-corrected chi connectivity index (χ3v) is 6.46. The molecule has 148 valence electrons. The number of methoxy groups -OCH3 is 1. The topological polar surface area (TPSA) is 63.7 Å². The largest absolute Gasteiger partial charge is 0.497 e. The van der Waals surface area contributed by atoms with Crippen LogP contribution in [0.2, 0.25) is 0 Å². The van der Waals surface area contributed by atoms with Crippen molar-refractivity contribution in [2.75, 3.05) is 18.6 Å². The molecule has 0 saturated carbocycles. The van der Waals surface area contributed by atoms with Crippen molar-refractivity contribution < 1.29 is 22.3 Å². The molecule has 1 fully saturated rings. The molecule has 1 heterocycles. The normalized spacial score (nSPS) is 18.3. The van der Waals surface area contributed by atoms with Gasteiger partial charge in [-0.2, -0.15) is 0 Å². The number of ether oxygens (including phenoxy) is 1. The monoisotopic (exact) mass is 403 g/mol. The summed E-state index contributed by atoms with van der Waals surface area (Å²) in [6, 6.07) is 12.8. The molecule has 0 aliphatic carbocycles. The number of carbonyl (C=O) groups excluding carboxylic acids is 1. The fourth-order valence-electron chi connectivity index (χ4n) is 3.22. The van der Waals surface area contributed by atoms with Gasteiger partial charge in [0.05, 0.1) is 18.6 Å². The zero-order valence-corrected chi connectivity index (χ0v) is 16.4. The second kappa shape index (κ2) is 8.56. The van der Waals surface area contributed by atoms with Crippen molar-refractivity contribution in [2.24, 2.45) is 0 Å². The predicted octanol–water partition coefficient (Wildman–Crippen LogP) is 3.06. The molecule has 3 rings (SSSR count). The van der Waals surface area contributed by atoms with Crippen LogP contribution < -0.4 is 4.74 Å². The van der Waals surface area contributed by atoms with E-state index in [1.54, 1.807) is 37.5 Å². The van der Waals surface area contributed by atoms with E-state index in [0.29, 0.717) is 17.7 Å². The molecule has 0 radical (unpaired) electrons. The zero-order valence-electron chi connectivity index (χ0n) is 15.5. The molecule has 0 bridgehead atoms. The second-order valence-electron chi connectivity index (χ2n) is 6.76. The van der Waals surface area contributed by atoms with Crippen LogP contribution in [0.15, 0.2) is 54.6 Å². The molecule has 1 aliphatic rings. The fourth-order valence-corrected chi connectivity index (χ4v) is 4.95. The molecule has 0 N–H and O–H groups in total. The van der Waals surface area contributed by atoms with Gasteiger partial charge >= 0.3 is 0 Å². The van der Waals surface area contributed by atoms with Crippen LogP contribution in [0.5, 0.6) is 5.75 Å². The Morgan fingerprint density at radius 1 is 1.25 bits per heavy atom. The van der Waals surface area contributed by atoms with Gasteiger partial charge in [-0.25, -0.2) is 12.8 Å². The second-order valence-corrected chi connectivity index (χ2v) is 8.99. The molecule has 0 unspecified atom stereocenters. The number of amides is 1. The van der Waals surface area contributed by atoms with Gasteiger partial charge in [-0.15, -0.1) is 0 Å². The highest BCUT2D eigenvalue weighted by molar-refractivity contribution is 7.91. The van der Waals surface area contributed by atoms with Crippen LogP contribution in [0.25, 0.3) is 6.08 Å². The third-order valence-electron chi connectivity index (χ3n) is 4.71. The average Bonchev–Trinajstić information content (AvgIpc) is 3.04. The van der Waals surface area contributed by atoms with Gasteiger partial charge in [-0.05, 0) is 47.9 Å². The summed E-state index contributed by atoms with van der Waals surface area (Å²) in [4.78, 5) is 14.4. The number of rotatable bonds is 6. The van der Waals surface area contributed by atoms with Gasteiger partial charge in [-0.3, -0.25) is 4.79 Å². The molecule has 7 heteroatoms. The van der Waals surface area contributed by atoms with Gasteiger partial charge in [0.15, 0.2) is 9.84 Å². The van der Waals surface area contributed by atoms with E-state index in [9.17, 15) is 17.6 Å². The van der Waals surface area contributed by atoms with Crippen molar-refractivity contribution >= 4 is 21.8 Å². The Bertz CT molecular complexity index is 970. The van der Waals surface area contributed by atoms with Crippen LogP contribution in [0.1, 0.15) is 17.5 Å². The van der Waals surface area contributed by atoms with Gasteiger partial charge in [-0.1, -0.05) is 24.3 Å². The summed E-state index contributed by atoms with van der Waals surface area (Å²) < 4.78 is 42.4. The standard InChI is InChI=1S/C21H22FNO4S/c1-27-20-8-5-16(6-9-20)7-10-21(24)23(19-11-12-28(25,26)15-19)14-17-3-2-4-18(22)13-17/h2-10,13,19H,11-12,14-15H2,1H3/b10-7+/t19-/m1/s1. The highest BCUT2D eigenvalue weighted by Gasteiger charge is 2.34. The predicted molar refractivity (Wildman–Crippen MR) is 106 cm³/mol. The summed E-state index contributed by atoms with van der Waals surface area (Å²) >= 11 is 0. The molecule has 2 aromatic carbocycles. The SMILES string of the molecule is COc1ccc(/C=C/C(=O)N(Cc2cccc(F)c2)[C@@H]2CCS(=O)(=O)C2)cc1. The van der Waals surface area contributed by atoms with Gasteiger partial charge in [0.2, 0.25) is 5.91 Å². The molecule has 1 atom stereocenters. The first-order valence-corrected chi connectivity index (χ1v) is 10.8. The molecule has 0 spiro atoms. The lowest BCUT2D eigenvalue weighted by atomic mass is 10.1. The number of carbonyl (C=O) groups is 1. The number of halogens is 1. The first-order chi connectivity index (χ1) is 13.4. The van der Waals surface area contributed by atoms with E-state index < -0.39 is 21.7 Å². The lowest BCUT2D eigenvalue weighted by molar-refractivity contribution is -0.128. The molecule has 28 heavy (non-hydrogen) atoms.